The lowest BCUT2D eigenvalue weighted by Crippen LogP contribution is -2.41. The zero-order chi connectivity index (χ0) is 8.43. The van der Waals surface area contributed by atoms with Crippen molar-refractivity contribution in [3.63, 3.8) is 0 Å². The molecule has 0 aromatic rings. The van der Waals surface area contributed by atoms with Crippen LogP contribution in [-0.4, -0.2) is 29.3 Å². The highest BCUT2D eigenvalue weighted by molar-refractivity contribution is 5.89. The Kier molecular flexibility index (Phi) is 2.12. The third-order valence-electron chi connectivity index (χ3n) is 2.00. The highest BCUT2D eigenvalue weighted by atomic mass is 16.2. The van der Waals surface area contributed by atoms with Crippen LogP contribution in [0.15, 0.2) is 0 Å². The number of primary amides is 1. The Morgan fingerprint density at radius 2 is 2.45 bits per heavy atom. The average molecular weight is 156 g/mol. The molecule has 1 unspecified atom stereocenters. The average Bonchev–Trinajstić information content (AvgIpc) is 2.30. The quantitative estimate of drug-likeness (QED) is 0.584. The second-order valence-electron chi connectivity index (χ2n) is 2.64. The van der Waals surface area contributed by atoms with E-state index in [0.29, 0.717) is 19.4 Å². The Bertz CT molecular complexity index is 191. The van der Waals surface area contributed by atoms with Crippen molar-refractivity contribution in [1.29, 1.82) is 0 Å². The molecule has 1 saturated heterocycles. The molecular weight excluding hydrogens is 144 g/mol. The van der Waals surface area contributed by atoms with Crippen LogP contribution in [-0.2, 0) is 9.59 Å². The first-order valence-electron chi connectivity index (χ1n) is 3.75. The molecule has 0 bridgehead atoms. The number of amides is 2. The Balaban J connectivity index is 2.68. The predicted molar refractivity (Wildman–Crippen MR) is 39.6 cm³/mol. The zero-order valence-electron chi connectivity index (χ0n) is 6.54. The Labute approximate surface area is 65.3 Å². The van der Waals surface area contributed by atoms with E-state index in [9.17, 15) is 9.59 Å². The number of carbonyl (C=O) groups is 2. The van der Waals surface area contributed by atoms with Gasteiger partial charge in [0.2, 0.25) is 11.8 Å². The van der Waals surface area contributed by atoms with Gasteiger partial charge in [0, 0.05) is 13.0 Å². The molecule has 1 aliphatic heterocycles. The van der Waals surface area contributed by atoms with Crippen LogP contribution >= 0.6 is 0 Å². The molecule has 0 spiro atoms. The summed E-state index contributed by atoms with van der Waals surface area (Å²) in [6, 6.07) is -0.354. The number of nitrogens with zero attached hydrogens (tertiary/aromatic N) is 1. The van der Waals surface area contributed by atoms with Gasteiger partial charge in [-0.2, -0.15) is 0 Å². The maximum absolute atomic E-state index is 11.0. The molecule has 1 aliphatic rings. The van der Waals surface area contributed by atoms with Gasteiger partial charge in [0.15, 0.2) is 0 Å². The number of hydrogen-bond donors (Lipinski definition) is 1. The Hall–Kier alpha value is -1.06. The summed E-state index contributed by atoms with van der Waals surface area (Å²) in [4.78, 5) is 23.3. The number of rotatable bonds is 2. The van der Waals surface area contributed by atoms with Gasteiger partial charge in [0.05, 0.1) is 0 Å². The van der Waals surface area contributed by atoms with E-state index >= 15 is 0 Å². The van der Waals surface area contributed by atoms with Crippen molar-refractivity contribution in [3.05, 3.63) is 0 Å². The summed E-state index contributed by atoms with van der Waals surface area (Å²) < 4.78 is 0. The molecular formula is C7H12N2O2. The summed E-state index contributed by atoms with van der Waals surface area (Å²) in [5.74, 6) is -0.353. The molecule has 0 aromatic carbocycles. The van der Waals surface area contributed by atoms with E-state index in [1.54, 1.807) is 0 Å². The lowest BCUT2D eigenvalue weighted by atomic mass is 10.2. The lowest BCUT2D eigenvalue weighted by molar-refractivity contribution is -0.133. The van der Waals surface area contributed by atoms with Gasteiger partial charge in [-0.3, -0.25) is 9.59 Å². The van der Waals surface area contributed by atoms with E-state index in [1.807, 2.05) is 6.92 Å². The highest BCUT2D eigenvalue weighted by Crippen LogP contribution is 2.17. The lowest BCUT2D eigenvalue weighted by Gasteiger charge is -2.19. The van der Waals surface area contributed by atoms with Gasteiger partial charge in [-0.25, -0.2) is 0 Å². The number of hydrogen-bond acceptors (Lipinski definition) is 2. The zero-order valence-corrected chi connectivity index (χ0v) is 6.54. The van der Waals surface area contributed by atoms with Crippen molar-refractivity contribution in [3.8, 4) is 0 Å². The monoisotopic (exact) mass is 156 g/mol. The molecule has 62 valence electrons. The van der Waals surface area contributed by atoms with Crippen molar-refractivity contribution >= 4 is 11.8 Å². The first-order chi connectivity index (χ1) is 5.16. The molecule has 2 amide bonds. The molecule has 0 saturated carbocycles. The largest absolute Gasteiger partial charge is 0.368 e. The Morgan fingerprint density at radius 1 is 1.82 bits per heavy atom. The van der Waals surface area contributed by atoms with Crippen LogP contribution in [0.2, 0.25) is 0 Å². The maximum atomic E-state index is 11.0. The van der Waals surface area contributed by atoms with Gasteiger partial charge in [0.1, 0.15) is 6.04 Å². The summed E-state index contributed by atoms with van der Waals surface area (Å²) in [7, 11) is 0. The molecule has 1 heterocycles. The first kappa shape index (κ1) is 8.04. The number of nitrogens with two attached hydrogens (primary N) is 1. The van der Waals surface area contributed by atoms with E-state index in [0.717, 1.165) is 0 Å². The van der Waals surface area contributed by atoms with Gasteiger partial charge < -0.3 is 10.6 Å². The molecule has 1 fully saturated rings. The number of likely N-dealkylation sites (N-methyl/N-ethyl adjacent to an activating group) is 1. The van der Waals surface area contributed by atoms with E-state index in [1.165, 1.54) is 4.90 Å². The first-order valence-corrected chi connectivity index (χ1v) is 3.75. The minimum atomic E-state index is -0.391. The minimum Gasteiger partial charge on any atom is -0.368 e. The third-order valence-corrected chi connectivity index (χ3v) is 2.00. The Morgan fingerprint density at radius 3 is 2.82 bits per heavy atom. The van der Waals surface area contributed by atoms with Crippen molar-refractivity contribution in [2.45, 2.75) is 25.8 Å². The fraction of sp³-hybridized carbons (Fsp3) is 0.714. The van der Waals surface area contributed by atoms with Crippen molar-refractivity contribution in [2.75, 3.05) is 6.54 Å². The summed E-state index contributed by atoms with van der Waals surface area (Å²) in [6.45, 7) is 2.42. The molecule has 4 nitrogen and oxygen atoms in total. The number of likely N-dealkylation sites (tertiary alicyclic amines) is 1. The fourth-order valence-electron chi connectivity index (χ4n) is 1.43. The molecule has 4 heteroatoms. The van der Waals surface area contributed by atoms with E-state index < -0.39 is 5.91 Å². The topological polar surface area (TPSA) is 63.4 Å². The SMILES string of the molecule is CCN1C(=O)CCC1C(N)=O. The van der Waals surface area contributed by atoms with Crippen LogP contribution in [0.3, 0.4) is 0 Å². The van der Waals surface area contributed by atoms with E-state index in [4.69, 9.17) is 5.73 Å². The van der Waals surface area contributed by atoms with Gasteiger partial charge in [-0.05, 0) is 13.3 Å². The molecule has 1 atom stereocenters. The van der Waals surface area contributed by atoms with Gasteiger partial charge in [-0.1, -0.05) is 0 Å². The molecule has 1 rings (SSSR count). The smallest absolute Gasteiger partial charge is 0.240 e. The number of carbonyl (C=O) groups excluding carboxylic acids is 2. The van der Waals surface area contributed by atoms with E-state index in [2.05, 4.69) is 0 Å². The second kappa shape index (κ2) is 2.90. The molecule has 0 aromatic heterocycles. The maximum Gasteiger partial charge on any atom is 0.240 e. The van der Waals surface area contributed by atoms with Crippen molar-refractivity contribution in [2.24, 2.45) is 5.73 Å². The van der Waals surface area contributed by atoms with Gasteiger partial charge in [-0.15, -0.1) is 0 Å². The molecule has 11 heavy (non-hydrogen) atoms. The summed E-state index contributed by atoms with van der Waals surface area (Å²) in [6.07, 6.45) is 1.05. The van der Waals surface area contributed by atoms with Crippen LogP contribution in [0.25, 0.3) is 0 Å². The van der Waals surface area contributed by atoms with E-state index in [-0.39, 0.29) is 11.9 Å². The minimum absolute atomic E-state index is 0.0382. The highest BCUT2D eigenvalue weighted by Gasteiger charge is 2.33. The van der Waals surface area contributed by atoms with Crippen LogP contribution < -0.4 is 5.73 Å². The van der Waals surface area contributed by atoms with Gasteiger partial charge in [0.25, 0.3) is 0 Å². The fourth-order valence-corrected chi connectivity index (χ4v) is 1.43. The van der Waals surface area contributed by atoms with Crippen LogP contribution in [0.5, 0.6) is 0 Å². The van der Waals surface area contributed by atoms with Crippen LogP contribution in [0.4, 0.5) is 0 Å². The van der Waals surface area contributed by atoms with Crippen molar-refractivity contribution in [1.82, 2.24) is 4.90 Å². The molecule has 0 aliphatic carbocycles. The molecule has 0 radical (unpaired) electrons. The van der Waals surface area contributed by atoms with Crippen LogP contribution in [0.1, 0.15) is 19.8 Å². The summed E-state index contributed by atoms with van der Waals surface area (Å²) >= 11 is 0. The second-order valence-corrected chi connectivity index (χ2v) is 2.64. The normalized spacial score (nSPS) is 24.3. The van der Waals surface area contributed by atoms with Crippen LogP contribution in [0, 0.1) is 0 Å². The third kappa shape index (κ3) is 1.34. The van der Waals surface area contributed by atoms with Crippen molar-refractivity contribution < 1.29 is 9.59 Å². The predicted octanol–water partition coefficient (Wildman–Crippen LogP) is -0.517. The van der Waals surface area contributed by atoms with Gasteiger partial charge >= 0.3 is 0 Å². The molecule has 2 N–H and O–H groups in total. The summed E-state index contributed by atoms with van der Waals surface area (Å²) in [5.41, 5.74) is 5.09. The summed E-state index contributed by atoms with van der Waals surface area (Å²) in [5, 5.41) is 0. The standard InChI is InChI=1S/C7H12N2O2/c1-2-9-5(7(8)11)3-4-6(9)10/h5H,2-4H2,1H3,(H2,8,11).